The summed E-state index contributed by atoms with van der Waals surface area (Å²) in [6.45, 7) is 2.24. The van der Waals surface area contributed by atoms with Gasteiger partial charge in [0, 0.05) is 0 Å². The molecule has 0 unspecified atom stereocenters. The van der Waals surface area contributed by atoms with Gasteiger partial charge in [-0.15, -0.1) is 0 Å². The molecule has 0 amide bonds. The van der Waals surface area contributed by atoms with Gasteiger partial charge in [0.15, 0.2) is 11.5 Å². The lowest BCUT2D eigenvalue weighted by Crippen LogP contribution is -2.25. The van der Waals surface area contributed by atoms with Crippen LogP contribution in [-0.4, -0.2) is 28.6 Å². The molecule has 0 aliphatic carbocycles. The first-order chi connectivity index (χ1) is 11.9. The van der Waals surface area contributed by atoms with Crippen molar-refractivity contribution in [2.45, 2.75) is 6.92 Å². The van der Waals surface area contributed by atoms with E-state index in [1.165, 1.54) is 19.3 Å². The first-order valence-corrected chi connectivity index (χ1v) is 7.86. The molecule has 0 aliphatic heterocycles. The van der Waals surface area contributed by atoms with E-state index in [1.54, 1.807) is 12.1 Å². The Bertz CT molecular complexity index is 947. The summed E-state index contributed by atoms with van der Waals surface area (Å²) in [6, 6.07) is 3.37. The van der Waals surface area contributed by atoms with Gasteiger partial charge >= 0.3 is 16.9 Å². The minimum atomic E-state index is -1.07. The SMILES string of the molecule is CCOc1cc(/C=C\c2[nH]c(=O)[nH]c(=O)c2[N+](=O)[O-])cc(Br)c1OC. The summed E-state index contributed by atoms with van der Waals surface area (Å²) in [4.78, 5) is 37.2. The number of nitrogens with one attached hydrogen (secondary N) is 2. The highest BCUT2D eigenvalue weighted by Crippen LogP contribution is 2.37. The van der Waals surface area contributed by atoms with E-state index in [4.69, 9.17) is 9.47 Å². The molecule has 0 atom stereocenters. The van der Waals surface area contributed by atoms with Crippen LogP contribution >= 0.6 is 15.9 Å². The number of nitro groups is 1. The van der Waals surface area contributed by atoms with Crippen LogP contribution in [-0.2, 0) is 0 Å². The quantitative estimate of drug-likeness (QED) is 0.554. The third kappa shape index (κ3) is 4.15. The van der Waals surface area contributed by atoms with Crippen molar-refractivity contribution in [2.75, 3.05) is 13.7 Å². The normalized spacial score (nSPS) is 10.8. The number of ether oxygens (including phenoxy) is 2. The predicted octanol–water partition coefficient (Wildman–Crippen LogP) is 2.31. The molecule has 0 saturated carbocycles. The molecule has 132 valence electrons. The monoisotopic (exact) mass is 411 g/mol. The van der Waals surface area contributed by atoms with Crippen LogP contribution in [0.25, 0.3) is 12.2 Å². The van der Waals surface area contributed by atoms with Gasteiger partial charge in [-0.1, -0.05) is 6.08 Å². The second-order valence-electron chi connectivity index (χ2n) is 4.73. The molecule has 2 N–H and O–H groups in total. The van der Waals surface area contributed by atoms with Crippen molar-refractivity contribution in [1.29, 1.82) is 0 Å². The Kier molecular flexibility index (Phi) is 5.75. The van der Waals surface area contributed by atoms with Gasteiger partial charge < -0.3 is 14.5 Å². The van der Waals surface area contributed by atoms with Crippen molar-refractivity contribution in [3.8, 4) is 11.5 Å². The molecule has 0 spiro atoms. The molecule has 1 aromatic carbocycles. The van der Waals surface area contributed by atoms with Crippen LogP contribution < -0.4 is 20.7 Å². The lowest BCUT2D eigenvalue weighted by atomic mass is 10.1. The minimum absolute atomic E-state index is 0.205. The maximum absolute atomic E-state index is 11.6. The average Bonchev–Trinajstić information content (AvgIpc) is 2.52. The topological polar surface area (TPSA) is 127 Å². The minimum Gasteiger partial charge on any atom is -0.492 e. The average molecular weight is 412 g/mol. The molecule has 9 nitrogen and oxygen atoms in total. The Morgan fingerprint density at radius 1 is 1.28 bits per heavy atom. The number of methoxy groups -OCH3 is 1. The van der Waals surface area contributed by atoms with E-state index in [-0.39, 0.29) is 5.69 Å². The van der Waals surface area contributed by atoms with Crippen molar-refractivity contribution in [2.24, 2.45) is 0 Å². The maximum Gasteiger partial charge on any atom is 0.357 e. The predicted molar refractivity (Wildman–Crippen MR) is 95.1 cm³/mol. The molecule has 0 fully saturated rings. The summed E-state index contributed by atoms with van der Waals surface area (Å²) >= 11 is 3.36. The molecule has 10 heteroatoms. The van der Waals surface area contributed by atoms with Crippen LogP contribution in [0.2, 0.25) is 0 Å². The largest absolute Gasteiger partial charge is 0.492 e. The van der Waals surface area contributed by atoms with Gasteiger partial charge in [-0.2, -0.15) is 0 Å². The van der Waals surface area contributed by atoms with E-state index in [0.717, 1.165) is 0 Å². The van der Waals surface area contributed by atoms with Gasteiger partial charge in [-0.05, 0) is 46.6 Å². The fourth-order valence-electron chi connectivity index (χ4n) is 2.12. The Balaban J connectivity index is 2.52. The molecule has 25 heavy (non-hydrogen) atoms. The Morgan fingerprint density at radius 3 is 2.60 bits per heavy atom. The van der Waals surface area contributed by atoms with Crippen molar-refractivity contribution < 1.29 is 14.4 Å². The second kappa shape index (κ2) is 7.79. The zero-order valence-corrected chi connectivity index (χ0v) is 14.9. The number of halogens is 1. The number of aromatic nitrogens is 2. The second-order valence-corrected chi connectivity index (χ2v) is 5.58. The van der Waals surface area contributed by atoms with E-state index < -0.39 is 21.9 Å². The number of rotatable bonds is 6. The van der Waals surface area contributed by atoms with Crippen LogP contribution in [0, 0.1) is 10.1 Å². The molecular formula is C15H14BrN3O6. The Hall–Kier alpha value is -2.88. The fraction of sp³-hybridized carbons (Fsp3) is 0.200. The van der Waals surface area contributed by atoms with E-state index in [0.29, 0.717) is 28.1 Å². The molecule has 0 bridgehead atoms. The molecule has 0 saturated heterocycles. The Morgan fingerprint density at radius 2 is 2.00 bits per heavy atom. The number of H-pyrrole nitrogens is 2. The third-order valence-corrected chi connectivity index (χ3v) is 3.70. The van der Waals surface area contributed by atoms with E-state index in [9.17, 15) is 19.7 Å². The Labute approximate surface area is 149 Å². The number of hydrogen-bond acceptors (Lipinski definition) is 6. The highest BCUT2D eigenvalue weighted by atomic mass is 79.9. The number of hydrogen-bond donors (Lipinski definition) is 2. The summed E-state index contributed by atoms with van der Waals surface area (Å²) in [5.41, 5.74) is -2.23. The maximum atomic E-state index is 11.6. The van der Waals surface area contributed by atoms with Gasteiger partial charge in [0.05, 0.1) is 23.1 Å². The number of benzene rings is 1. The summed E-state index contributed by atoms with van der Waals surface area (Å²) in [5, 5.41) is 11.0. The summed E-state index contributed by atoms with van der Waals surface area (Å²) in [6.07, 6.45) is 2.78. The van der Waals surface area contributed by atoms with Crippen LogP contribution in [0.3, 0.4) is 0 Å². The highest BCUT2D eigenvalue weighted by Gasteiger charge is 2.19. The summed E-state index contributed by atoms with van der Waals surface area (Å²) in [7, 11) is 1.50. The lowest BCUT2D eigenvalue weighted by molar-refractivity contribution is -0.386. The third-order valence-electron chi connectivity index (χ3n) is 3.11. The first-order valence-electron chi connectivity index (χ1n) is 7.06. The van der Waals surface area contributed by atoms with Crippen molar-refractivity contribution in [3.05, 3.63) is 58.8 Å². The van der Waals surface area contributed by atoms with E-state index in [2.05, 4.69) is 20.9 Å². The molecule has 2 aromatic rings. The van der Waals surface area contributed by atoms with Crippen LogP contribution in [0.4, 0.5) is 5.69 Å². The van der Waals surface area contributed by atoms with Gasteiger partial charge in [0.2, 0.25) is 0 Å². The summed E-state index contributed by atoms with van der Waals surface area (Å²) < 4.78 is 11.4. The highest BCUT2D eigenvalue weighted by molar-refractivity contribution is 9.10. The van der Waals surface area contributed by atoms with Gasteiger partial charge in [-0.3, -0.25) is 19.9 Å². The van der Waals surface area contributed by atoms with Crippen molar-refractivity contribution in [1.82, 2.24) is 9.97 Å². The van der Waals surface area contributed by atoms with Crippen LogP contribution in [0.1, 0.15) is 18.2 Å². The van der Waals surface area contributed by atoms with Crippen molar-refractivity contribution >= 4 is 33.8 Å². The van der Waals surface area contributed by atoms with Gasteiger partial charge in [0.25, 0.3) is 0 Å². The molecule has 2 rings (SSSR count). The molecule has 1 heterocycles. The first kappa shape index (κ1) is 18.5. The van der Waals surface area contributed by atoms with E-state index in [1.807, 2.05) is 11.9 Å². The van der Waals surface area contributed by atoms with Gasteiger partial charge in [0.1, 0.15) is 5.69 Å². The summed E-state index contributed by atoms with van der Waals surface area (Å²) in [5.74, 6) is 0.988. The molecule has 1 aromatic heterocycles. The van der Waals surface area contributed by atoms with Crippen LogP contribution in [0.5, 0.6) is 11.5 Å². The van der Waals surface area contributed by atoms with E-state index >= 15 is 0 Å². The zero-order valence-electron chi connectivity index (χ0n) is 13.3. The lowest BCUT2D eigenvalue weighted by Gasteiger charge is -2.12. The van der Waals surface area contributed by atoms with Gasteiger partial charge in [-0.25, -0.2) is 4.79 Å². The number of nitrogens with zero attached hydrogens (tertiary/aromatic N) is 1. The zero-order chi connectivity index (χ0) is 18.6. The van der Waals surface area contributed by atoms with Crippen molar-refractivity contribution in [3.63, 3.8) is 0 Å². The molecule has 0 radical (unpaired) electrons. The van der Waals surface area contributed by atoms with Crippen LogP contribution in [0.15, 0.2) is 26.2 Å². The number of aromatic amines is 2. The standard InChI is InChI=1S/C15H14BrN3O6/c1-3-25-11-7-8(6-9(16)13(11)24-2)4-5-10-12(19(22)23)14(20)18-15(21)17-10/h4-7H,3H2,1-2H3,(H2,17,18,20,21)/b5-4-. The smallest absolute Gasteiger partial charge is 0.357 e. The fourth-order valence-corrected chi connectivity index (χ4v) is 2.75. The molecule has 0 aliphatic rings. The molecular weight excluding hydrogens is 398 g/mol.